The summed E-state index contributed by atoms with van der Waals surface area (Å²) in [5.74, 6) is 0.879. The van der Waals surface area contributed by atoms with Crippen LogP contribution in [0.5, 0.6) is 0 Å². The number of rotatable bonds is 18. The van der Waals surface area contributed by atoms with Gasteiger partial charge >= 0.3 is 18.2 Å². The van der Waals surface area contributed by atoms with Gasteiger partial charge in [-0.1, -0.05) is 91.7 Å². The van der Waals surface area contributed by atoms with Crippen molar-refractivity contribution >= 4 is 29.9 Å². The lowest BCUT2D eigenvalue weighted by molar-refractivity contribution is -0.143. The van der Waals surface area contributed by atoms with E-state index in [1.54, 1.807) is 20.8 Å². The molecule has 9 heteroatoms. The Morgan fingerprint density at radius 3 is 2.10 bits per heavy atom. The Morgan fingerprint density at radius 1 is 0.833 bits per heavy atom. The summed E-state index contributed by atoms with van der Waals surface area (Å²) in [5.41, 5.74) is 5.21. The Bertz CT molecular complexity index is 1430. The number of alkyl carbamates (subject to hydrolysis) is 1. The number of hydrogen-bond acceptors (Lipinski definition) is 6. The minimum absolute atomic E-state index is 0.112. The zero-order valence-corrected chi connectivity index (χ0v) is 29.3. The Labute approximate surface area is 289 Å². The Kier molecular flexibility index (Phi) is 14.2. The standard InChI is InChI=1S/C39H50N2O6S/c1-39(2,3)47-37(44)40-24-14-13-23-35(36(42)43)41(25-15-4-5-16-26-48-28-29-17-7-6-8-18-29)38(45)46-27-34-32-21-11-9-19-30(32)31-20-10-12-22-33(31)34/h6-12,17-22,34-35H,4-5,13-16,23-28H2,1-3H3,(H,40,44)(H,42,43)/t35-/m0/s1. The molecule has 8 nitrogen and oxygen atoms in total. The van der Waals surface area contributed by atoms with Crippen molar-refractivity contribution in [3.05, 3.63) is 95.6 Å². The monoisotopic (exact) mass is 674 g/mol. The fraction of sp³-hybridized carbons (Fsp3) is 0.462. The lowest BCUT2D eigenvalue weighted by atomic mass is 9.98. The highest BCUT2D eigenvalue weighted by Gasteiger charge is 2.33. The fourth-order valence-corrected chi connectivity index (χ4v) is 7.02. The number of fused-ring (bicyclic) bond motifs is 3. The summed E-state index contributed by atoms with van der Waals surface area (Å²) in [5, 5.41) is 13.0. The van der Waals surface area contributed by atoms with E-state index in [0.717, 1.165) is 53.0 Å². The quantitative estimate of drug-likeness (QED) is 0.130. The summed E-state index contributed by atoms with van der Waals surface area (Å²) in [7, 11) is 0. The molecule has 0 unspecified atom stereocenters. The number of nitrogens with zero attached hydrogens (tertiary/aromatic N) is 1. The number of nitrogens with one attached hydrogen (secondary N) is 1. The van der Waals surface area contributed by atoms with Crippen molar-refractivity contribution in [1.82, 2.24) is 10.2 Å². The highest BCUT2D eigenvalue weighted by atomic mass is 32.2. The smallest absolute Gasteiger partial charge is 0.410 e. The largest absolute Gasteiger partial charge is 0.480 e. The van der Waals surface area contributed by atoms with Crippen LogP contribution in [0.15, 0.2) is 78.9 Å². The molecular formula is C39H50N2O6S. The van der Waals surface area contributed by atoms with Crippen LogP contribution >= 0.6 is 11.8 Å². The molecule has 2 N–H and O–H groups in total. The molecule has 0 spiro atoms. The van der Waals surface area contributed by atoms with Crippen molar-refractivity contribution in [3.63, 3.8) is 0 Å². The zero-order chi connectivity index (χ0) is 34.4. The fourth-order valence-electron chi connectivity index (χ4n) is 6.04. The number of amides is 2. The van der Waals surface area contributed by atoms with E-state index in [9.17, 15) is 19.5 Å². The maximum atomic E-state index is 13.7. The van der Waals surface area contributed by atoms with E-state index in [1.807, 2.05) is 42.1 Å². The van der Waals surface area contributed by atoms with Gasteiger partial charge < -0.3 is 19.9 Å². The first-order chi connectivity index (χ1) is 23.1. The summed E-state index contributed by atoms with van der Waals surface area (Å²) < 4.78 is 11.2. The van der Waals surface area contributed by atoms with Gasteiger partial charge in [0, 0.05) is 24.8 Å². The van der Waals surface area contributed by atoms with Crippen molar-refractivity contribution in [2.24, 2.45) is 0 Å². The average Bonchev–Trinajstić information content (AvgIpc) is 3.38. The Morgan fingerprint density at radius 2 is 1.46 bits per heavy atom. The number of hydrogen-bond donors (Lipinski definition) is 2. The SMILES string of the molecule is CC(C)(C)OC(=O)NCCCC[C@@H](C(=O)O)N(CCCCCCSCc1ccccc1)C(=O)OCC1c2ccccc2-c2ccccc21. The van der Waals surface area contributed by atoms with Crippen LogP contribution in [0.25, 0.3) is 11.1 Å². The predicted octanol–water partition coefficient (Wildman–Crippen LogP) is 8.88. The number of ether oxygens (including phenoxy) is 2. The first kappa shape index (κ1) is 36.8. The number of benzene rings is 3. The molecule has 2 amide bonds. The molecule has 0 bridgehead atoms. The number of aliphatic carboxylic acids is 1. The molecule has 1 aliphatic rings. The van der Waals surface area contributed by atoms with Gasteiger partial charge in [0.05, 0.1) is 0 Å². The van der Waals surface area contributed by atoms with E-state index >= 15 is 0 Å². The van der Waals surface area contributed by atoms with Crippen LogP contribution in [0, 0.1) is 0 Å². The summed E-state index contributed by atoms with van der Waals surface area (Å²) in [6.45, 7) is 6.19. The number of carbonyl (C=O) groups is 3. The van der Waals surface area contributed by atoms with E-state index < -0.39 is 29.8 Å². The van der Waals surface area contributed by atoms with Crippen LogP contribution in [0.2, 0.25) is 0 Å². The van der Waals surface area contributed by atoms with Gasteiger partial charge in [0.25, 0.3) is 0 Å². The molecule has 258 valence electrons. The van der Waals surface area contributed by atoms with E-state index in [0.29, 0.717) is 32.4 Å². The van der Waals surface area contributed by atoms with Gasteiger partial charge in [-0.15, -0.1) is 0 Å². The van der Waals surface area contributed by atoms with Gasteiger partial charge in [-0.2, -0.15) is 11.8 Å². The molecule has 0 aromatic heterocycles. The molecular weight excluding hydrogens is 625 g/mol. The van der Waals surface area contributed by atoms with Crippen molar-refractivity contribution < 1.29 is 29.0 Å². The highest BCUT2D eigenvalue weighted by molar-refractivity contribution is 7.98. The van der Waals surface area contributed by atoms with Crippen molar-refractivity contribution in [3.8, 4) is 11.1 Å². The number of carboxylic acids is 1. The van der Waals surface area contributed by atoms with Gasteiger partial charge in [-0.3, -0.25) is 4.90 Å². The lowest BCUT2D eigenvalue weighted by Crippen LogP contribution is -2.46. The first-order valence-corrected chi connectivity index (χ1v) is 18.2. The number of carbonyl (C=O) groups excluding carboxylic acids is 2. The number of carboxylic acid groups (broad SMARTS) is 1. The van der Waals surface area contributed by atoms with Crippen LogP contribution in [0.4, 0.5) is 9.59 Å². The second kappa shape index (κ2) is 18.5. The zero-order valence-electron chi connectivity index (χ0n) is 28.5. The molecule has 0 aliphatic heterocycles. The lowest BCUT2D eigenvalue weighted by Gasteiger charge is -2.29. The molecule has 4 rings (SSSR count). The molecule has 0 heterocycles. The molecule has 1 atom stereocenters. The Hall–Kier alpha value is -3.98. The van der Waals surface area contributed by atoms with Crippen molar-refractivity contribution in [1.29, 1.82) is 0 Å². The summed E-state index contributed by atoms with van der Waals surface area (Å²) in [6, 6.07) is 25.7. The van der Waals surface area contributed by atoms with E-state index in [1.165, 1.54) is 10.5 Å². The van der Waals surface area contributed by atoms with E-state index in [4.69, 9.17) is 9.47 Å². The molecule has 0 saturated carbocycles. The minimum atomic E-state index is -1.05. The number of unbranched alkanes of at least 4 members (excludes halogenated alkanes) is 4. The average molecular weight is 675 g/mol. The van der Waals surface area contributed by atoms with Crippen LogP contribution in [-0.2, 0) is 20.0 Å². The summed E-state index contributed by atoms with van der Waals surface area (Å²) in [4.78, 5) is 39.6. The molecule has 3 aromatic rings. The van der Waals surface area contributed by atoms with E-state index in [-0.39, 0.29) is 18.9 Å². The van der Waals surface area contributed by atoms with Gasteiger partial charge in [-0.25, -0.2) is 14.4 Å². The molecule has 48 heavy (non-hydrogen) atoms. The second-order valence-electron chi connectivity index (χ2n) is 13.2. The van der Waals surface area contributed by atoms with Gasteiger partial charge in [0.15, 0.2) is 0 Å². The molecule has 0 radical (unpaired) electrons. The maximum absolute atomic E-state index is 13.7. The predicted molar refractivity (Wildman–Crippen MR) is 192 cm³/mol. The summed E-state index contributed by atoms with van der Waals surface area (Å²) >= 11 is 1.91. The minimum Gasteiger partial charge on any atom is -0.480 e. The van der Waals surface area contributed by atoms with Crippen LogP contribution in [0.1, 0.15) is 88.3 Å². The van der Waals surface area contributed by atoms with Crippen LogP contribution in [-0.4, -0.2) is 65.3 Å². The number of thioether (sulfide) groups is 1. The van der Waals surface area contributed by atoms with Crippen molar-refractivity contribution in [2.75, 3.05) is 25.4 Å². The molecule has 0 fully saturated rings. The third kappa shape index (κ3) is 11.3. The third-order valence-electron chi connectivity index (χ3n) is 8.35. The summed E-state index contributed by atoms with van der Waals surface area (Å²) in [6.07, 6.45) is 3.88. The molecule has 0 saturated heterocycles. The second-order valence-corrected chi connectivity index (χ2v) is 14.3. The third-order valence-corrected chi connectivity index (χ3v) is 9.47. The van der Waals surface area contributed by atoms with E-state index in [2.05, 4.69) is 53.8 Å². The molecule has 3 aromatic carbocycles. The maximum Gasteiger partial charge on any atom is 0.410 e. The normalized spacial score (nSPS) is 12.9. The topological polar surface area (TPSA) is 105 Å². The van der Waals surface area contributed by atoms with Gasteiger partial charge in [-0.05, 0) is 86.4 Å². The van der Waals surface area contributed by atoms with Crippen molar-refractivity contribution in [2.45, 2.75) is 89.0 Å². The van der Waals surface area contributed by atoms with Crippen LogP contribution in [0.3, 0.4) is 0 Å². The Balaban J connectivity index is 1.32. The van der Waals surface area contributed by atoms with Crippen LogP contribution < -0.4 is 5.32 Å². The highest BCUT2D eigenvalue weighted by Crippen LogP contribution is 2.44. The molecule has 1 aliphatic carbocycles. The van der Waals surface area contributed by atoms with Gasteiger partial charge in [0.2, 0.25) is 0 Å². The van der Waals surface area contributed by atoms with Gasteiger partial charge in [0.1, 0.15) is 18.2 Å². The first-order valence-electron chi connectivity index (χ1n) is 17.1.